The molecule has 0 spiro atoms. The molecule has 0 atom stereocenters. The standard InChI is InChI=1S/C51H32N4/c1-2-12-40-37(10-1)31-45(42-14-4-3-13-41(40)42)48-32-47(34-23-26-39(27-24-34)55-49-17-7-5-15-43(49)44-16-6-8-18-50(44)55)53-51(54-48)35-21-19-33(20-22-35)36-25-28-46-38(30-36)11-9-29-52-46/h1-32H. The SMILES string of the molecule is c1cnc2ccc(-c3ccc(-c4nc(-c5ccc(-n6c7ccccc7c7ccccc76)cc5)cc(-c5cc6ccccc6c6ccccc56)n4)cc3)cc2c1. The highest BCUT2D eigenvalue weighted by molar-refractivity contribution is 6.13. The monoisotopic (exact) mass is 700 g/mol. The predicted octanol–water partition coefficient (Wildman–Crippen LogP) is 13.1. The summed E-state index contributed by atoms with van der Waals surface area (Å²) in [5.74, 6) is 0.686. The molecule has 0 radical (unpaired) electrons. The first kappa shape index (κ1) is 31.1. The van der Waals surface area contributed by atoms with Gasteiger partial charge in [-0.25, -0.2) is 9.97 Å². The van der Waals surface area contributed by atoms with Gasteiger partial charge in [0.05, 0.1) is 27.9 Å². The van der Waals surface area contributed by atoms with Crippen molar-refractivity contribution >= 4 is 54.3 Å². The summed E-state index contributed by atoms with van der Waals surface area (Å²) in [5, 5.41) is 8.41. The zero-order chi connectivity index (χ0) is 36.3. The summed E-state index contributed by atoms with van der Waals surface area (Å²) < 4.78 is 2.35. The van der Waals surface area contributed by atoms with Crippen molar-refractivity contribution in [3.63, 3.8) is 0 Å². The number of para-hydroxylation sites is 2. The second-order valence-electron chi connectivity index (χ2n) is 14.1. The lowest BCUT2D eigenvalue weighted by Crippen LogP contribution is -1.98. The van der Waals surface area contributed by atoms with Crippen LogP contribution in [0.25, 0.3) is 105 Å². The molecule has 0 aliphatic heterocycles. The summed E-state index contributed by atoms with van der Waals surface area (Å²) in [6.07, 6.45) is 1.83. The van der Waals surface area contributed by atoms with Crippen LogP contribution in [-0.2, 0) is 0 Å². The number of aromatic nitrogens is 4. The molecule has 256 valence electrons. The number of rotatable bonds is 5. The summed E-state index contributed by atoms with van der Waals surface area (Å²) in [6.45, 7) is 0. The molecule has 4 heteroatoms. The number of benzene rings is 8. The molecule has 0 saturated carbocycles. The van der Waals surface area contributed by atoms with Crippen LogP contribution in [0.3, 0.4) is 0 Å². The average Bonchev–Trinajstić information content (AvgIpc) is 3.60. The second-order valence-corrected chi connectivity index (χ2v) is 14.1. The largest absolute Gasteiger partial charge is 0.309 e. The molecule has 0 unspecified atom stereocenters. The van der Waals surface area contributed by atoms with E-state index in [1.165, 1.54) is 43.4 Å². The Morgan fingerprint density at radius 2 is 0.945 bits per heavy atom. The maximum Gasteiger partial charge on any atom is 0.160 e. The van der Waals surface area contributed by atoms with Gasteiger partial charge in [0.15, 0.2) is 5.82 Å². The van der Waals surface area contributed by atoms with Gasteiger partial charge in [-0.1, -0.05) is 133 Å². The Morgan fingerprint density at radius 3 is 1.71 bits per heavy atom. The van der Waals surface area contributed by atoms with E-state index >= 15 is 0 Å². The zero-order valence-electron chi connectivity index (χ0n) is 29.8. The molecule has 55 heavy (non-hydrogen) atoms. The summed E-state index contributed by atoms with van der Waals surface area (Å²) in [7, 11) is 0. The minimum absolute atomic E-state index is 0.686. The first-order valence-corrected chi connectivity index (χ1v) is 18.6. The fourth-order valence-electron chi connectivity index (χ4n) is 8.18. The smallest absolute Gasteiger partial charge is 0.160 e. The highest BCUT2D eigenvalue weighted by atomic mass is 15.0. The second kappa shape index (κ2) is 12.6. The molecular weight excluding hydrogens is 669 g/mol. The van der Waals surface area contributed by atoms with E-state index in [4.69, 9.17) is 9.97 Å². The van der Waals surface area contributed by atoms with Crippen molar-refractivity contribution in [1.29, 1.82) is 0 Å². The van der Waals surface area contributed by atoms with Gasteiger partial charge in [0.25, 0.3) is 0 Å². The Balaban J connectivity index is 1.06. The minimum Gasteiger partial charge on any atom is -0.309 e. The molecule has 0 aliphatic rings. The minimum atomic E-state index is 0.686. The van der Waals surface area contributed by atoms with Crippen LogP contribution in [0.1, 0.15) is 0 Å². The molecule has 3 aromatic heterocycles. The first-order valence-electron chi connectivity index (χ1n) is 18.6. The maximum absolute atomic E-state index is 5.30. The van der Waals surface area contributed by atoms with E-state index in [2.05, 4.69) is 192 Å². The molecule has 0 N–H and O–H groups in total. The Bertz CT molecular complexity index is 3200. The van der Waals surface area contributed by atoms with Crippen molar-refractivity contribution in [2.24, 2.45) is 0 Å². The van der Waals surface area contributed by atoms with E-state index in [9.17, 15) is 0 Å². The first-order chi connectivity index (χ1) is 27.2. The summed E-state index contributed by atoms with van der Waals surface area (Å²) in [4.78, 5) is 15.0. The van der Waals surface area contributed by atoms with Crippen LogP contribution >= 0.6 is 0 Å². The van der Waals surface area contributed by atoms with Crippen LogP contribution in [0, 0.1) is 0 Å². The van der Waals surface area contributed by atoms with Crippen LogP contribution in [0.2, 0.25) is 0 Å². The molecule has 0 fully saturated rings. The average molecular weight is 701 g/mol. The van der Waals surface area contributed by atoms with E-state index in [0.29, 0.717) is 5.82 Å². The van der Waals surface area contributed by atoms with E-state index in [1.54, 1.807) is 0 Å². The third-order valence-corrected chi connectivity index (χ3v) is 10.9. The summed E-state index contributed by atoms with van der Waals surface area (Å²) in [6, 6.07) is 66.7. The summed E-state index contributed by atoms with van der Waals surface area (Å²) in [5.41, 5.74) is 11.6. The van der Waals surface area contributed by atoms with Crippen molar-refractivity contribution < 1.29 is 0 Å². The third-order valence-electron chi connectivity index (χ3n) is 10.9. The van der Waals surface area contributed by atoms with Gasteiger partial charge in [-0.05, 0) is 87.3 Å². The van der Waals surface area contributed by atoms with Crippen molar-refractivity contribution in [2.45, 2.75) is 0 Å². The van der Waals surface area contributed by atoms with Crippen LogP contribution in [0.4, 0.5) is 0 Å². The Kier molecular flexibility index (Phi) is 7.14. The Hall–Kier alpha value is -7.43. The number of nitrogens with zero attached hydrogens (tertiary/aromatic N) is 4. The molecule has 11 aromatic rings. The third kappa shape index (κ3) is 5.26. The van der Waals surface area contributed by atoms with Gasteiger partial charge in [0, 0.05) is 44.7 Å². The normalized spacial score (nSPS) is 11.6. The van der Waals surface area contributed by atoms with E-state index in [0.717, 1.165) is 55.8 Å². The molecule has 0 amide bonds. The van der Waals surface area contributed by atoms with Gasteiger partial charge in [0.2, 0.25) is 0 Å². The lowest BCUT2D eigenvalue weighted by atomic mass is 9.95. The lowest BCUT2D eigenvalue weighted by molar-refractivity contribution is 1.17. The number of hydrogen-bond acceptors (Lipinski definition) is 3. The number of fused-ring (bicyclic) bond motifs is 7. The van der Waals surface area contributed by atoms with E-state index in [-0.39, 0.29) is 0 Å². The van der Waals surface area contributed by atoms with Gasteiger partial charge < -0.3 is 4.57 Å². The van der Waals surface area contributed by atoms with Crippen molar-refractivity contribution in [2.75, 3.05) is 0 Å². The van der Waals surface area contributed by atoms with E-state index < -0.39 is 0 Å². The lowest BCUT2D eigenvalue weighted by Gasteiger charge is -2.14. The fourth-order valence-corrected chi connectivity index (χ4v) is 8.18. The topological polar surface area (TPSA) is 43.6 Å². The van der Waals surface area contributed by atoms with Crippen molar-refractivity contribution in [3.8, 4) is 50.7 Å². The van der Waals surface area contributed by atoms with Gasteiger partial charge in [-0.2, -0.15) is 0 Å². The molecule has 4 nitrogen and oxygen atoms in total. The van der Waals surface area contributed by atoms with Crippen LogP contribution in [-0.4, -0.2) is 19.5 Å². The Morgan fingerprint density at radius 1 is 0.364 bits per heavy atom. The number of pyridine rings is 1. The molecule has 0 bridgehead atoms. The highest BCUT2D eigenvalue weighted by Gasteiger charge is 2.16. The van der Waals surface area contributed by atoms with Crippen LogP contribution in [0.15, 0.2) is 194 Å². The van der Waals surface area contributed by atoms with Crippen molar-refractivity contribution in [1.82, 2.24) is 19.5 Å². The van der Waals surface area contributed by atoms with Gasteiger partial charge in [-0.15, -0.1) is 0 Å². The molecule has 0 aliphatic carbocycles. The molecule has 3 heterocycles. The van der Waals surface area contributed by atoms with Crippen LogP contribution in [0.5, 0.6) is 0 Å². The maximum atomic E-state index is 5.30. The quantitative estimate of drug-likeness (QED) is 0.168. The molecule has 8 aromatic carbocycles. The van der Waals surface area contributed by atoms with Gasteiger partial charge in [-0.3, -0.25) is 4.98 Å². The molecular formula is C51H32N4. The zero-order valence-corrected chi connectivity index (χ0v) is 29.8. The Labute approximate surface area is 317 Å². The van der Waals surface area contributed by atoms with Gasteiger partial charge >= 0.3 is 0 Å². The predicted molar refractivity (Wildman–Crippen MR) is 228 cm³/mol. The van der Waals surface area contributed by atoms with E-state index in [1.807, 2.05) is 12.3 Å². The fraction of sp³-hybridized carbons (Fsp3) is 0. The molecule has 11 rings (SSSR count). The van der Waals surface area contributed by atoms with Crippen molar-refractivity contribution in [3.05, 3.63) is 194 Å². The van der Waals surface area contributed by atoms with Crippen LogP contribution < -0.4 is 0 Å². The number of hydrogen-bond donors (Lipinski definition) is 0. The highest BCUT2D eigenvalue weighted by Crippen LogP contribution is 2.38. The molecule has 0 saturated heterocycles. The summed E-state index contributed by atoms with van der Waals surface area (Å²) >= 11 is 0. The van der Waals surface area contributed by atoms with Gasteiger partial charge in [0.1, 0.15) is 0 Å².